The van der Waals surface area contributed by atoms with E-state index < -0.39 is 17.8 Å². The SMILES string of the molecule is Cc1ccc(OCC(=O)NNC(=O)Nc2ccc(F)c(Cl)c2)cc1C. The lowest BCUT2D eigenvalue weighted by Crippen LogP contribution is -2.45. The third-order valence-electron chi connectivity index (χ3n) is 3.34. The van der Waals surface area contributed by atoms with E-state index in [2.05, 4.69) is 16.2 Å². The summed E-state index contributed by atoms with van der Waals surface area (Å²) in [5.41, 5.74) is 6.80. The molecule has 0 radical (unpaired) electrons. The molecule has 0 fully saturated rings. The zero-order chi connectivity index (χ0) is 18.4. The fraction of sp³-hybridized carbons (Fsp3) is 0.176. The summed E-state index contributed by atoms with van der Waals surface area (Å²) in [7, 11) is 0. The third kappa shape index (κ3) is 5.65. The Labute approximate surface area is 149 Å². The van der Waals surface area contributed by atoms with E-state index in [9.17, 15) is 14.0 Å². The Hall–Kier alpha value is -2.80. The first-order valence-electron chi connectivity index (χ1n) is 7.36. The van der Waals surface area contributed by atoms with Gasteiger partial charge < -0.3 is 10.1 Å². The number of aryl methyl sites for hydroxylation is 2. The van der Waals surface area contributed by atoms with Crippen molar-refractivity contribution in [2.75, 3.05) is 11.9 Å². The summed E-state index contributed by atoms with van der Waals surface area (Å²) in [4.78, 5) is 23.3. The van der Waals surface area contributed by atoms with Gasteiger partial charge in [-0.25, -0.2) is 14.6 Å². The lowest BCUT2D eigenvalue weighted by Gasteiger charge is -2.11. The number of carbonyl (C=O) groups excluding carboxylic acids is 2. The summed E-state index contributed by atoms with van der Waals surface area (Å²) in [5, 5.41) is 2.27. The van der Waals surface area contributed by atoms with Crippen LogP contribution in [-0.2, 0) is 4.79 Å². The second kappa shape index (κ2) is 8.34. The maximum atomic E-state index is 13.0. The van der Waals surface area contributed by atoms with Gasteiger partial charge in [0.15, 0.2) is 6.61 Å². The Morgan fingerprint density at radius 2 is 1.84 bits per heavy atom. The molecule has 132 valence electrons. The minimum atomic E-state index is -0.706. The highest BCUT2D eigenvalue weighted by Gasteiger charge is 2.07. The van der Waals surface area contributed by atoms with Crippen LogP contribution in [0.1, 0.15) is 11.1 Å². The smallest absolute Gasteiger partial charge is 0.337 e. The van der Waals surface area contributed by atoms with Crippen molar-refractivity contribution in [3.63, 3.8) is 0 Å². The highest BCUT2D eigenvalue weighted by Crippen LogP contribution is 2.19. The molecule has 2 aromatic carbocycles. The van der Waals surface area contributed by atoms with Crippen LogP contribution in [-0.4, -0.2) is 18.5 Å². The number of hydrogen-bond donors (Lipinski definition) is 3. The number of anilines is 1. The van der Waals surface area contributed by atoms with Crippen LogP contribution in [0.3, 0.4) is 0 Å². The molecule has 0 bridgehead atoms. The molecule has 0 saturated carbocycles. The van der Waals surface area contributed by atoms with Gasteiger partial charge in [-0.05, 0) is 55.3 Å². The Kier molecular flexibility index (Phi) is 6.19. The molecule has 0 aliphatic rings. The van der Waals surface area contributed by atoms with E-state index in [0.29, 0.717) is 5.75 Å². The van der Waals surface area contributed by atoms with Crippen LogP contribution in [0, 0.1) is 19.7 Å². The minimum absolute atomic E-state index is 0.122. The zero-order valence-electron chi connectivity index (χ0n) is 13.7. The molecule has 2 rings (SSSR count). The summed E-state index contributed by atoms with van der Waals surface area (Å²) in [6, 6.07) is 8.47. The Morgan fingerprint density at radius 1 is 1.08 bits per heavy atom. The first-order valence-corrected chi connectivity index (χ1v) is 7.74. The maximum Gasteiger partial charge on any atom is 0.337 e. The van der Waals surface area contributed by atoms with Gasteiger partial charge in [0.1, 0.15) is 11.6 Å². The largest absolute Gasteiger partial charge is 0.484 e. The zero-order valence-corrected chi connectivity index (χ0v) is 14.4. The second-order valence-electron chi connectivity index (χ2n) is 5.29. The van der Waals surface area contributed by atoms with Crippen molar-refractivity contribution in [3.8, 4) is 5.75 Å². The monoisotopic (exact) mass is 365 g/mol. The van der Waals surface area contributed by atoms with Gasteiger partial charge in [-0.15, -0.1) is 0 Å². The molecule has 0 aliphatic heterocycles. The summed E-state index contributed by atoms with van der Waals surface area (Å²) in [6.07, 6.45) is 0. The van der Waals surface area contributed by atoms with E-state index in [1.54, 1.807) is 6.07 Å². The van der Waals surface area contributed by atoms with Crippen LogP contribution in [0.15, 0.2) is 36.4 Å². The quantitative estimate of drug-likeness (QED) is 0.727. The van der Waals surface area contributed by atoms with E-state index in [1.165, 1.54) is 12.1 Å². The summed E-state index contributed by atoms with van der Waals surface area (Å²) in [6.45, 7) is 3.66. The number of amides is 3. The molecule has 3 amide bonds. The number of hydrazine groups is 1. The van der Waals surface area contributed by atoms with E-state index in [-0.39, 0.29) is 17.3 Å². The molecule has 0 unspecified atom stereocenters. The molecule has 0 aliphatic carbocycles. The molecule has 0 aromatic heterocycles. The predicted octanol–water partition coefficient (Wildman–Crippen LogP) is 3.33. The van der Waals surface area contributed by atoms with E-state index >= 15 is 0 Å². The normalized spacial score (nSPS) is 10.1. The molecule has 8 heteroatoms. The van der Waals surface area contributed by atoms with E-state index in [4.69, 9.17) is 16.3 Å². The standard InChI is InChI=1S/C17H17ClFN3O3/c1-10-3-5-13(7-11(10)2)25-9-16(23)21-22-17(24)20-12-4-6-15(19)14(18)8-12/h3-8H,9H2,1-2H3,(H,21,23)(H2,20,22,24). The van der Waals surface area contributed by atoms with Crippen molar-refractivity contribution in [1.82, 2.24) is 10.9 Å². The molecule has 0 heterocycles. The fourth-order valence-corrected chi connectivity index (χ4v) is 2.03. The summed E-state index contributed by atoms with van der Waals surface area (Å²) < 4.78 is 18.4. The number of hydrogen-bond acceptors (Lipinski definition) is 3. The molecular formula is C17H17ClFN3O3. The van der Waals surface area contributed by atoms with Crippen LogP contribution < -0.4 is 20.9 Å². The molecule has 6 nitrogen and oxygen atoms in total. The number of rotatable bonds is 4. The first kappa shape index (κ1) is 18.5. The fourth-order valence-electron chi connectivity index (χ4n) is 1.85. The predicted molar refractivity (Wildman–Crippen MR) is 93.1 cm³/mol. The third-order valence-corrected chi connectivity index (χ3v) is 3.63. The number of halogens is 2. The Bertz CT molecular complexity index is 799. The molecular weight excluding hydrogens is 349 g/mol. The Morgan fingerprint density at radius 3 is 2.52 bits per heavy atom. The lowest BCUT2D eigenvalue weighted by molar-refractivity contribution is -0.123. The molecule has 0 spiro atoms. The number of urea groups is 1. The van der Waals surface area contributed by atoms with E-state index in [1.807, 2.05) is 26.0 Å². The molecule has 25 heavy (non-hydrogen) atoms. The van der Waals surface area contributed by atoms with Crippen LogP contribution in [0.25, 0.3) is 0 Å². The van der Waals surface area contributed by atoms with Gasteiger partial charge in [0.25, 0.3) is 5.91 Å². The molecule has 0 atom stereocenters. The average molecular weight is 366 g/mol. The minimum Gasteiger partial charge on any atom is -0.484 e. The molecule has 3 N–H and O–H groups in total. The van der Waals surface area contributed by atoms with Gasteiger partial charge in [-0.3, -0.25) is 10.2 Å². The number of nitrogens with one attached hydrogen (secondary N) is 3. The van der Waals surface area contributed by atoms with Gasteiger partial charge in [0.2, 0.25) is 0 Å². The van der Waals surface area contributed by atoms with Gasteiger partial charge in [-0.2, -0.15) is 0 Å². The van der Waals surface area contributed by atoms with Crippen LogP contribution in [0.5, 0.6) is 5.75 Å². The second-order valence-corrected chi connectivity index (χ2v) is 5.70. The van der Waals surface area contributed by atoms with Crippen LogP contribution in [0.2, 0.25) is 5.02 Å². The molecule has 2 aromatic rings. The number of carbonyl (C=O) groups is 2. The van der Waals surface area contributed by atoms with E-state index in [0.717, 1.165) is 17.2 Å². The topological polar surface area (TPSA) is 79.5 Å². The van der Waals surface area contributed by atoms with Crippen molar-refractivity contribution >= 4 is 29.2 Å². The highest BCUT2D eigenvalue weighted by atomic mass is 35.5. The summed E-state index contributed by atoms with van der Waals surface area (Å²) in [5.74, 6) is -0.571. The number of benzene rings is 2. The first-order chi connectivity index (χ1) is 11.8. The van der Waals surface area contributed by atoms with Gasteiger partial charge in [0, 0.05) is 5.69 Å². The lowest BCUT2D eigenvalue weighted by atomic mass is 10.1. The maximum absolute atomic E-state index is 13.0. The van der Waals surface area contributed by atoms with Crippen LogP contribution >= 0.6 is 11.6 Å². The van der Waals surface area contributed by atoms with Gasteiger partial charge in [0.05, 0.1) is 5.02 Å². The summed E-state index contributed by atoms with van der Waals surface area (Å²) >= 11 is 5.61. The van der Waals surface area contributed by atoms with Crippen molar-refractivity contribution in [2.24, 2.45) is 0 Å². The average Bonchev–Trinajstić information content (AvgIpc) is 2.57. The van der Waals surface area contributed by atoms with Crippen molar-refractivity contribution in [3.05, 3.63) is 58.4 Å². The van der Waals surface area contributed by atoms with Gasteiger partial charge in [-0.1, -0.05) is 17.7 Å². The molecule has 0 saturated heterocycles. The van der Waals surface area contributed by atoms with Crippen LogP contribution in [0.4, 0.5) is 14.9 Å². The van der Waals surface area contributed by atoms with Gasteiger partial charge >= 0.3 is 6.03 Å². The van der Waals surface area contributed by atoms with Crippen molar-refractivity contribution < 1.29 is 18.7 Å². The highest BCUT2D eigenvalue weighted by molar-refractivity contribution is 6.31. The number of ether oxygens (including phenoxy) is 1. The van der Waals surface area contributed by atoms with Crippen molar-refractivity contribution in [1.29, 1.82) is 0 Å². The van der Waals surface area contributed by atoms with Crippen molar-refractivity contribution in [2.45, 2.75) is 13.8 Å². The Balaban J connectivity index is 1.76.